The van der Waals surface area contributed by atoms with Crippen LogP contribution in [0, 0.1) is 11.6 Å². The molecule has 0 aliphatic carbocycles. The first-order valence-corrected chi connectivity index (χ1v) is 8.36. The van der Waals surface area contributed by atoms with E-state index in [0.29, 0.717) is 12.3 Å². The maximum absolute atomic E-state index is 13.6. The van der Waals surface area contributed by atoms with Gasteiger partial charge in [-0.1, -0.05) is 36.4 Å². The van der Waals surface area contributed by atoms with Gasteiger partial charge in [-0.05, 0) is 42.0 Å². The van der Waals surface area contributed by atoms with E-state index in [0.717, 1.165) is 29.5 Å². The molecule has 3 aromatic rings. The van der Waals surface area contributed by atoms with Gasteiger partial charge in [0, 0.05) is 5.69 Å². The van der Waals surface area contributed by atoms with Gasteiger partial charge in [0.2, 0.25) is 0 Å². The first-order valence-electron chi connectivity index (χ1n) is 8.36. The quantitative estimate of drug-likeness (QED) is 0.683. The summed E-state index contributed by atoms with van der Waals surface area (Å²) in [5, 5.41) is 4.32. The lowest BCUT2D eigenvalue weighted by Gasteiger charge is -2.09. The number of carbonyl (C=O) groups is 2. The standard InChI is InChI=1S/C21H16F2N2O3/c22-17-7-4-8-18(23)19(17)20(26)25-21(27)24-15-11-9-14(10-12-15)13-28-16-5-2-1-3-6-16/h1-12H,13H2,(H2,24,25,26,27). The van der Waals surface area contributed by atoms with Crippen LogP contribution in [0.3, 0.4) is 0 Å². The molecule has 0 aromatic heterocycles. The summed E-state index contributed by atoms with van der Waals surface area (Å²) >= 11 is 0. The highest BCUT2D eigenvalue weighted by atomic mass is 19.1. The monoisotopic (exact) mass is 382 g/mol. The Balaban J connectivity index is 1.55. The van der Waals surface area contributed by atoms with Crippen LogP contribution in [0.1, 0.15) is 15.9 Å². The van der Waals surface area contributed by atoms with Crippen molar-refractivity contribution in [3.05, 3.63) is 95.6 Å². The third-order valence-electron chi connectivity index (χ3n) is 3.78. The van der Waals surface area contributed by atoms with Crippen molar-refractivity contribution in [3.8, 4) is 5.75 Å². The largest absolute Gasteiger partial charge is 0.489 e. The lowest BCUT2D eigenvalue weighted by Crippen LogP contribution is -2.35. The van der Waals surface area contributed by atoms with Crippen molar-refractivity contribution in [2.75, 3.05) is 5.32 Å². The van der Waals surface area contributed by atoms with Crippen molar-refractivity contribution >= 4 is 17.6 Å². The van der Waals surface area contributed by atoms with Crippen LogP contribution in [-0.2, 0) is 6.61 Å². The number of nitrogens with one attached hydrogen (secondary N) is 2. The predicted octanol–water partition coefficient (Wildman–Crippen LogP) is 4.51. The van der Waals surface area contributed by atoms with Gasteiger partial charge >= 0.3 is 6.03 Å². The SMILES string of the molecule is O=C(NC(=O)c1c(F)cccc1F)Nc1ccc(COc2ccccc2)cc1. The topological polar surface area (TPSA) is 67.4 Å². The Morgan fingerprint density at radius 3 is 2.11 bits per heavy atom. The van der Waals surface area contributed by atoms with Crippen molar-refractivity contribution in [1.29, 1.82) is 0 Å². The van der Waals surface area contributed by atoms with Gasteiger partial charge in [-0.2, -0.15) is 0 Å². The molecule has 3 amide bonds. The lowest BCUT2D eigenvalue weighted by molar-refractivity contribution is 0.0959. The zero-order valence-corrected chi connectivity index (χ0v) is 14.6. The number of benzene rings is 3. The molecule has 0 atom stereocenters. The van der Waals surface area contributed by atoms with E-state index in [4.69, 9.17) is 4.74 Å². The minimum atomic E-state index is -1.17. The molecule has 7 heteroatoms. The zero-order chi connectivity index (χ0) is 19.9. The maximum atomic E-state index is 13.6. The van der Waals surface area contributed by atoms with Crippen LogP contribution in [0.25, 0.3) is 0 Å². The van der Waals surface area contributed by atoms with Gasteiger partial charge < -0.3 is 10.1 Å². The van der Waals surface area contributed by atoms with Gasteiger partial charge in [0.25, 0.3) is 5.91 Å². The van der Waals surface area contributed by atoms with E-state index >= 15 is 0 Å². The number of anilines is 1. The Kier molecular flexibility index (Phi) is 5.96. The second-order valence-corrected chi connectivity index (χ2v) is 5.80. The van der Waals surface area contributed by atoms with Crippen molar-refractivity contribution in [3.63, 3.8) is 0 Å². The summed E-state index contributed by atoms with van der Waals surface area (Å²) in [6, 6.07) is 18.2. The van der Waals surface area contributed by atoms with Crippen LogP contribution >= 0.6 is 0 Å². The molecule has 0 saturated heterocycles. The molecule has 0 saturated carbocycles. The molecular formula is C21H16F2N2O3. The Labute approximate surface area is 160 Å². The summed E-state index contributed by atoms with van der Waals surface area (Å²) in [5.41, 5.74) is 0.466. The number of carbonyl (C=O) groups excluding carboxylic acids is 2. The van der Waals surface area contributed by atoms with E-state index in [-0.39, 0.29) is 0 Å². The summed E-state index contributed by atoms with van der Waals surface area (Å²) in [6.07, 6.45) is 0. The van der Waals surface area contributed by atoms with Crippen LogP contribution in [0.5, 0.6) is 5.75 Å². The van der Waals surface area contributed by atoms with Gasteiger partial charge in [-0.25, -0.2) is 13.6 Å². The lowest BCUT2D eigenvalue weighted by atomic mass is 10.2. The first kappa shape index (κ1) is 19.0. The Hall–Kier alpha value is -3.74. The van der Waals surface area contributed by atoms with Gasteiger partial charge in [-0.3, -0.25) is 10.1 Å². The van der Waals surface area contributed by atoms with E-state index < -0.39 is 29.1 Å². The third-order valence-corrected chi connectivity index (χ3v) is 3.78. The second kappa shape index (κ2) is 8.77. The summed E-state index contributed by atoms with van der Waals surface area (Å²) in [5.74, 6) is -2.52. The normalized spacial score (nSPS) is 10.2. The van der Waals surface area contributed by atoms with Gasteiger partial charge in [0.05, 0.1) is 0 Å². The highest BCUT2D eigenvalue weighted by Crippen LogP contribution is 2.15. The molecule has 0 heterocycles. The molecule has 2 N–H and O–H groups in total. The fraction of sp³-hybridized carbons (Fsp3) is 0.0476. The molecule has 5 nitrogen and oxygen atoms in total. The highest BCUT2D eigenvalue weighted by Gasteiger charge is 2.19. The number of imide groups is 1. The first-order chi connectivity index (χ1) is 13.5. The minimum Gasteiger partial charge on any atom is -0.489 e. The van der Waals surface area contributed by atoms with E-state index in [1.54, 1.807) is 24.3 Å². The van der Waals surface area contributed by atoms with E-state index in [2.05, 4.69) is 5.32 Å². The van der Waals surface area contributed by atoms with Crippen LogP contribution in [0.2, 0.25) is 0 Å². The number of urea groups is 1. The summed E-state index contributed by atoms with van der Waals surface area (Å²) < 4.78 is 32.8. The van der Waals surface area contributed by atoms with Crippen LogP contribution in [0.15, 0.2) is 72.8 Å². The number of hydrogen-bond acceptors (Lipinski definition) is 3. The molecule has 0 radical (unpaired) electrons. The minimum absolute atomic E-state index is 0.349. The predicted molar refractivity (Wildman–Crippen MR) is 100 cm³/mol. The smallest absolute Gasteiger partial charge is 0.326 e. The number of amides is 3. The number of para-hydroxylation sites is 1. The van der Waals surface area contributed by atoms with E-state index in [9.17, 15) is 18.4 Å². The Morgan fingerprint density at radius 2 is 1.46 bits per heavy atom. The number of hydrogen-bond donors (Lipinski definition) is 2. The molecule has 0 aliphatic rings. The highest BCUT2D eigenvalue weighted by molar-refractivity contribution is 6.08. The van der Waals surface area contributed by atoms with Crippen LogP contribution < -0.4 is 15.4 Å². The summed E-state index contributed by atoms with van der Waals surface area (Å²) in [6.45, 7) is 0.349. The molecule has 3 rings (SSSR count). The van der Waals surface area contributed by atoms with Crippen molar-refractivity contribution in [2.24, 2.45) is 0 Å². The Bertz CT molecular complexity index is 956. The van der Waals surface area contributed by atoms with E-state index in [1.807, 2.05) is 35.6 Å². The van der Waals surface area contributed by atoms with E-state index in [1.165, 1.54) is 0 Å². The molecule has 0 spiro atoms. The molecule has 0 unspecified atom stereocenters. The van der Waals surface area contributed by atoms with Gasteiger partial charge in [0.1, 0.15) is 29.6 Å². The molecule has 28 heavy (non-hydrogen) atoms. The van der Waals surface area contributed by atoms with Gasteiger partial charge in [-0.15, -0.1) is 0 Å². The molecule has 142 valence electrons. The third kappa shape index (κ3) is 4.91. The number of halogens is 2. The second-order valence-electron chi connectivity index (χ2n) is 5.80. The van der Waals surface area contributed by atoms with Crippen molar-refractivity contribution in [2.45, 2.75) is 6.61 Å². The average molecular weight is 382 g/mol. The van der Waals surface area contributed by atoms with Crippen molar-refractivity contribution in [1.82, 2.24) is 5.32 Å². The molecule has 3 aromatic carbocycles. The fourth-order valence-electron chi connectivity index (χ4n) is 2.41. The van der Waals surface area contributed by atoms with Crippen molar-refractivity contribution < 1.29 is 23.1 Å². The maximum Gasteiger partial charge on any atom is 0.326 e. The van der Waals surface area contributed by atoms with Crippen LogP contribution in [-0.4, -0.2) is 11.9 Å². The Morgan fingerprint density at radius 1 is 0.821 bits per heavy atom. The molecular weight excluding hydrogens is 366 g/mol. The fourth-order valence-corrected chi connectivity index (χ4v) is 2.41. The number of ether oxygens (including phenoxy) is 1. The molecule has 0 bridgehead atoms. The van der Waals surface area contributed by atoms with Gasteiger partial charge in [0.15, 0.2) is 0 Å². The zero-order valence-electron chi connectivity index (χ0n) is 14.6. The molecule has 0 fully saturated rings. The summed E-state index contributed by atoms with van der Waals surface area (Å²) in [7, 11) is 0. The number of rotatable bonds is 5. The summed E-state index contributed by atoms with van der Waals surface area (Å²) in [4.78, 5) is 23.8. The molecule has 0 aliphatic heterocycles. The average Bonchev–Trinajstić information content (AvgIpc) is 2.68. The van der Waals surface area contributed by atoms with Crippen LogP contribution in [0.4, 0.5) is 19.3 Å².